The van der Waals surface area contributed by atoms with Crippen LogP contribution in [0.3, 0.4) is 0 Å². The highest BCUT2D eigenvalue weighted by Gasteiger charge is 2.09. The van der Waals surface area contributed by atoms with Crippen LogP contribution in [-0.2, 0) is 6.54 Å². The maximum absolute atomic E-state index is 11.9. The molecule has 4 nitrogen and oxygen atoms in total. The number of rotatable bonds is 4. The molecule has 0 unspecified atom stereocenters. The van der Waals surface area contributed by atoms with Crippen molar-refractivity contribution < 1.29 is 13.6 Å². The van der Waals surface area contributed by atoms with E-state index in [0.717, 1.165) is 0 Å². The van der Waals surface area contributed by atoms with Crippen LogP contribution in [0.2, 0.25) is 0 Å². The fourth-order valence-electron chi connectivity index (χ4n) is 1.88. The largest absolute Gasteiger partial charge is 0.461 e. The number of amides is 1. The van der Waals surface area contributed by atoms with Gasteiger partial charge >= 0.3 is 0 Å². The monoisotopic (exact) mass is 267 g/mol. The molecule has 0 aliphatic heterocycles. The number of nitrogens with one attached hydrogen (secondary N) is 1. The van der Waals surface area contributed by atoms with Crippen LogP contribution >= 0.6 is 0 Å². The van der Waals surface area contributed by atoms with Crippen molar-refractivity contribution in [1.82, 2.24) is 5.32 Å². The molecule has 0 saturated heterocycles. The Kier molecular flexibility index (Phi) is 3.37. The topological polar surface area (TPSA) is 55.4 Å². The van der Waals surface area contributed by atoms with E-state index < -0.39 is 0 Å². The molecule has 3 rings (SSSR count). The van der Waals surface area contributed by atoms with Crippen LogP contribution < -0.4 is 5.32 Å². The maximum atomic E-state index is 11.9. The molecule has 20 heavy (non-hydrogen) atoms. The van der Waals surface area contributed by atoms with E-state index in [1.807, 2.05) is 36.4 Å². The average Bonchev–Trinajstić information content (AvgIpc) is 3.16. The van der Waals surface area contributed by atoms with Crippen LogP contribution in [0.5, 0.6) is 0 Å². The van der Waals surface area contributed by atoms with Gasteiger partial charge in [-0.3, -0.25) is 4.79 Å². The third-order valence-corrected chi connectivity index (χ3v) is 2.88. The van der Waals surface area contributed by atoms with Crippen molar-refractivity contribution in [3.05, 3.63) is 72.2 Å². The van der Waals surface area contributed by atoms with Gasteiger partial charge in [0.05, 0.1) is 12.8 Å². The number of benzene rings is 1. The minimum Gasteiger partial charge on any atom is -0.461 e. The Hall–Kier alpha value is -2.75. The third-order valence-electron chi connectivity index (χ3n) is 2.88. The Morgan fingerprint density at radius 1 is 0.950 bits per heavy atom. The minimum atomic E-state index is -0.124. The molecule has 1 amide bonds. The number of carbonyl (C=O) groups is 1. The van der Waals surface area contributed by atoms with Gasteiger partial charge in [0, 0.05) is 5.56 Å². The predicted molar refractivity (Wildman–Crippen MR) is 74.0 cm³/mol. The van der Waals surface area contributed by atoms with Crippen LogP contribution in [0, 0.1) is 0 Å². The third kappa shape index (κ3) is 2.64. The zero-order valence-electron chi connectivity index (χ0n) is 10.7. The highest BCUT2D eigenvalue weighted by Crippen LogP contribution is 2.22. The fourth-order valence-corrected chi connectivity index (χ4v) is 1.88. The Bertz CT molecular complexity index is 684. The Morgan fingerprint density at radius 2 is 1.80 bits per heavy atom. The lowest BCUT2D eigenvalue weighted by Gasteiger charge is -2.02. The Labute approximate surface area is 116 Å². The summed E-state index contributed by atoms with van der Waals surface area (Å²) in [4.78, 5) is 11.9. The van der Waals surface area contributed by atoms with Gasteiger partial charge in [0.25, 0.3) is 5.91 Å². The summed E-state index contributed by atoms with van der Waals surface area (Å²) in [6.45, 7) is 0.342. The number of hydrogen-bond acceptors (Lipinski definition) is 3. The van der Waals surface area contributed by atoms with Crippen molar-refractivity contribution in [3.63, 3.8) is 0 Å². The zero-order chi connectivity index (χ0) is 13.8. The van der Waals surface area contributed by atoms with Crippen molar-refractivity contribution >= 4 is 5.91 Å². The summed E-state index contributed by atoms with van der Waals surface area (Å²) >= 11 is 0. The van der Waals surface area contributed by atoms with Gasteiger partial charge in [0.1, 0.15) is 5.76 Å². The quantitative estimate of drug-likeness (QED) is 0.787. The molecule has 4 heteroatoms. The highest BCUT2D eigenvalue weighted by atomic mass is 16.4. The fraction of sp³-hybridized carbons (Fsp3) is 0.0625. The minimum absolute atomic E-state index is 0.124. The van der Waals surface area contributed by atoms with Crippen molar-refractivity contribution in [2.45, 2.75) is 6.54 Å². The normalized spacial score (nSPS) is 10.4. The van der Waals surface area contributed by atoms with E-state index in [2.05, 4.69) is 5.32 Å². The Balaban J connectivity index is 1.63. The molecule has 1 N–H and O–H groups in total. The predicted octanol–water partition coefficient (Wildman–Crippen LogP) is 3.47. The second-order valence-corrected chi connectivity index (χ2v) is 4.29. The summed E-state index contributed by atoms with van der Waals surface area (Å²) in [6, 6.07) is 16.3. The molecule has 2 aromatic heterocycles. The molecule has 0 fully saturated rings. The van der Waals surface area contributed by atoms with E-state index in [-0.39, 0.29) is 5.91 Å². The van der Waals surface area contributed by atoms with Gasteiger partial charge in [-0.2, -0.15) is 0 Å². The molecule has 0 bridgehead atoms. The molecule has 2 heterocycles. The van der Waals surface area contributed by atoms with E-state index >= 15 is 0 Å². The smallest absolute Gasteiger partial charge is 0.251 e. The molecule has 3 aromatic rings. The first-order chi connectivity index (χ1) is 9.83. The molecule has 0 spiro atoms. The lowest BCUT2D eigenvalue weighted by atomic mass is 10.2. The summed E-state index contributed by atoms with van der Waals surface area (Å²) < 4.78 is 10.9. The van der Waals surface area contributed by atoms with Gasteiger partial charge in [-0.05, 0) is 36.4 Å². The molecular weight excluding hydrogens is 254 g/mol. The van der Waals surface area contributed by atoms with E-state index in [1.54, 1.807) is 24.5 Å². The van der Waals surface area contributed by atoms with Crippen molar-refractivity contribution in [2.75, 3.05) is 0 Å². The molecule has 0 aliphatic rings. The lowest BCUT2D eigenvalue weighted by Crippen LogP contribution is -2.22. The summed E-state index contributed by atoms with van der Waals surface area (Å²) in [7, 11) is 0. The first kappa shape index (κ1) is 12.3. The molecule has 0 saturated carbocycles. The standard InChI is InChI=1S/C16H13NO3/c18-16(12-5-2-1-3-6-12)17-11-13-8-9-15(20-13)14-7-4-10-19-14/h1-10H,11H2,(H,17,18). The second kappa shape index (κ2) is 5.48. The van der Waals surface area contributed by atoms with Gasteiger partial charge in [0.2, 0.25) is 0 Å². The molecule has 0 aliphatic carbocycles. The van der Waals surface area contributed by atoms with E-state index in [4.69, 9.17) is 8.83 Å². The lowest BCUT2D eigenvalue weighted by molar-refractivity contribution is 0.0948. The van der Waals surface area contributed by atoms with Gasteiger partial charge in [-0.15, -0.1) is 0 Å². The average molecular weight is 267 g/mol. The van der Waals surface area contributed by atoms with E-state index in [9.17, 15) is 4.79 Å². The van der Waals surface area contributed by atoms with Crippen molar-refractivity contribution in [3.8, 4) is 11.5 Å². The van der Waals surface area contributed by atoms with Gasteiger partial charge in [-0.1, -0.05) is 18.2 Å². The number of furan rings is 2. The van der Waals surface area contributed by atoms with Crippen LogP contribution in [0.25, 0.3) is 11.5 Å². The first-order valence-electron chi connectivity index (χ1n) is 6.29. The molecule has 0 radical (unpaired) electrons. The van der Waals surface area contributed by atoms with E-state index in [1.165, 1.54) is 0 Å². The van der Waals surface area contributed by atoms with Gasteiger partial charge in [-0.25, -0.2) is 0 Å². The molecular formula is C16H13NO3. The first-order valence-corrected chi connectivity index (χ1v) is 6.29. The van der Waals surface area contributed by atoms with Gasteiger partial charge in [0.15, 0.2) is 11.5 Å². The number of carbonyl (C=O) groups excluding carboxylic acids is 1. The molecule has 100 valence electrons. The molecule has 1 aromatic carbocycles. The maximum Gasteiger partial charge on any atom is 0.251 e. The van der Waals surface area contributed by atoms with Crippen molar-refractivity contribution in [1.29, 1.82) is 0 Å². The van der Waals surface area contributed by atoms with Gasteiger partial charge < -0.3 is 14.2 Å². The number of hydrogen-bond donors (Lipinski definition) is 1. The SMILES string of the molecule is O=C(NCc1ccc(-c2ccco2)o1)c1ccccc1. The van der Waals surface area contributed by atoms with Crippen LogP contribution in [0.15, 0.2) is 69.7 Å². The van der Waals surface area contributed by atoms with Crippen LogP contribution in [0.4, 0.5) is 0 Å². The Morgan fingerprint density at radius 3 is 2.55 bits per heavy atom. The van der Waals surface area contributed by atoms with Crippen LogP contribution in [0.1, 0.15) is 16.1 Å². The van der Waals surface area contributed by atoms with Crippen molar-refractivity contribution in [2.24, 2.45) is 0 Å². The zero-order valence-corrected chi connectivity index (χ0v) is 10.7. The summed E-state index contributed by atoms with van der Waals surface area (Å²) in [5.41, 5.74) is 0.630. The summed E-state index contributed by atoms with van der Waals surface area (Å²) in [6.07, 6.45) is 1.59. The van der Waals surface area contributed by atoms with E-state index in [0.29, 0.717) is 29.4 Å². The summed E-state index contributed by atoms with van der Waals surface area (Å²) in [5, 5.41) is 2.81. The summed E-state index contributed by atoms with van der Waals surface area (Å²) in [5.74, 6) is 1.88. The second-order valence-electron chi connectivity index (χ2n) is 4.29. The molecule has 0 atom stereocenters. The van der Waals surface area contributed by atoms with Crippen LogP contribution in [-0.4, -0.2) is 5.91 Å². The highest BCUT2D eigenvalue weighted by molar-refractivity contribution is 5.94.